The third-order valence-corrected chi connectivity index (χ3v) is 3.23. The van der Waals surface area contributed by atoms with E-state index in [2.05, 4.69) is 10.3 Å². The Morgan fingerprint density at radius 1 is 1.39 bits per heavy atom. The fourth-order valence-corrected chi connectivity index (χ4v) is 2.18. The van der Waals surface area contributed by atoms with Crippen molar-refractivity contribution >= 4 is 34.0 Å². The van der Waals surface area contributed by atoms with E-state index in [9.17, 15) is 10.1 Å². The van der Waals surface area contributed by atoms with Crippen LogP contribution in [-0.4, -0.2) is 9.91 Å². The van der Waals surface area contributed by atoms with E-state index in [1.807, 2.05) is 34.7 Å². The minimum Gasteiger partial charge on any atom is -0.381 e. The molecule has 1 aromatic heterocycles. The van der Waals surface area contributed by atoms with Crippen LogP contribution in [0.3, 0.4) is 0 Å². The summed E-state index contributed by atoms with van der Waals surface area (Å²) in [5.41, 5.74) is 2.04. The van der Waals surface area contributed by atoms with Crippen LogP contribution in [0.25, 0.3) is 0 Å². The van der Waals surface area contributed by atoms with Crippen molar-refractivity contribution in [2.24, 2.45) is 0 Å². The Balaban J connectivity index is 2.07. The first-order valence-corrected chi connectivity index (χ1v) is 6.31. The minimum atomic E-state index is -0.382. The van der Waals surface area contributed by atoms with Crippen LogP contribution >= 0.6 is 22.6 Å². The second-order valence-corrected chi connectivity index (χ2v) is 4.80. The molecule has 92 valence electrons. The van der Waals surface area contributed by atoms with Crippen LogP contribution in [-0.2, 0) is 6.54 Å². The number of benzene rings is 1. The number of hydrogen-bond donors (Lipinski definition) is 1. The molecule has 1 heterocycles. The topological polar surface area (TPSA) is 68.1 Å². The summed E-state index contributed by atoms with van der Waals surface area (Å²) in [7, 11) is 0. The molecule has 1 N–H and O–H groups in total. The molecule has 1 aromatic carbocycles. The lowest BCUT2D eigenvalue weighted by Gasteiger charge is -2.06. The highest BCUT2D eigenvalue weighted by Crippen LogP contribution is 2.24. The maximum atomic E-state index is 10.7. The van der Waals surface area contributed by atoms with Crippen molar-refractivity contribution in [3.63, 3.8) is 0 Å². The lowest BCUT2D eigenvalue weighted by Crippen LogP contribution is -2.00. The van der Waals surface area contributed by atoms with E-state index in [-0.39, 0.29) is 10.6 Å². The van der Waals surface area contributed by atoms with Gasteiger partial charge in [-0.15, -0.1) is 0 Å². The van der Waals surface area contributed by atoms with Crippen molar-refractivity contribution in [2.75, 3.05) is 5.32 Å². The summed E-state index contributed by atoms with van der Waals surface area (Å²) in [5, 5.41) is 13.9. The molecule has 0 aliphatic rings. The Kier molecular flexibility index (Phi) is 4.08. The van der Waals surface area contributed by atoms with Crippen LogP contribution in [0, 0.1) is 13.7 Å². The second-order valence-electron chi connectivity index (χ2n) is 3.64. The van der Waals surface area contributed by atoms with Crippen LogP contribution in [0.4, 0.5) is 11.4 Å². The number of hydrogen-bond acceptors (Lipinski definition) is 4. The second kappa shape index (κ2) is 5.76. The Hall–Kier alpha value is -1.70. The van der Waals surface area contributed by atoms with Gasteiger partial charge in [-0.05, 0) is 46.4 Å². The Morgan fingerprint density at radius 2 is 2.22 bits per heavy atom. The molecule has 0 saturated heterocycles. The number of halogens is 1. The molecule has 18 heavy (non-hydrogen) atoms. The van der Waals surface area contributed by atoms with Crippen LogP contribution in [0.1, 0.15) is 5.56 Å². The van der Waals surface area contributed by atoms with E-state index in [4.69, 9.17) is 0 Å². The van der Waals surface area contributed by atoms with Crippen LogP contribution in [0.5, 0.6) is 0 Å². The van der Waals surface area contributed by atoms with E-state index < -0.39 is 0 Å². The van der Waals surface area contributed by atoms with Gasteiger partial charge >= 0.3 is 0 Å². The zero-order chi connectivity index (χ0) is 13.0. The molecule has 0 bridgehead atoms. The molecule has 0 amide bonds. The number of rotatable bonds is 4. The largest absolute Gasteiger partial charge is 0.381 e. The molecular formula is C12H10IN3O2. The summed E-state index contributed by atoms with van der Waals surface area (Å²) >= 11 is 1.96. The quantitative estimate of drug-likeness (QED) is 0.520. The highest BCUT2D eigenvalue weighted by atomic mass is 127. The van der Waals surface area contributed by atoms with Crippen molar-refractivity contribution in [2.45, 2.75) is 6.54 Å². The first-order chi connectivity index (χ1) is 8.66. The minimum absolute atomic E-state index is 0.127. The van der Waals surface area contributed by atoms with Gasteiger partial charge in [0.2, 0.25) is 0 Å². The van der Waals surface area contributed by atoms with Gasteiger partial charge in [0, 0.05) is 30.7 Å². The fourth-order valence-electron chi connectivity index (χ4n) is 1.47. The van der Waals surface area contributed by atoms with E-state index in [1.165, 1.54) is 6.07 Å². The van der Waals surface area contributed by atoms with Gasteiger partial charge in [-0.3, -0.25) is 15.1 Å². The van der Waals surface area contributed by atoms with Gasteiger partial charge in [0.25, 0.3) is 5.69 Å². The SMILES string of the molecule is O=[N+]([O-])c1ccc(NCc2cccnc2)cc1I. The first kappa shape index (κ1) is 12.7. The third kappa shape index (κ3) is 3.16. The zero-order valence-corrected chi connectivity index (χ0v) is 11.5. The standard InChI is InChI=1S/C12H10IN3O2/c13-11-6-10(3-4-12(11)16(17)18)15-8-9-2-1-5-14-7-9/h1-7,15H,8H2. The van der Waals surface area contributed by atoms with Crippen LogP contribution < -0.4 is 5.32 Å². The number of pyridine rings is 1. The summed E-state index contributed by atoms with van der Waals surface area (Å²) in [4.78, 5) is 14.3. The van der Waals surface area contributed by atoms with Crippen molar-refractivity contribution in [3.8, 4) is 0 Å². The lowest BCUT2D eigenvalue weighted by atomic mass is 10.2. The van der Waals surface area contributed by atoms with Gasteiger partial charge in [0.1, 0.15) is 0 Å². The van der Waals surface area contributed by atoms with Crippen molar-refractivity contribution in [1.29, 1.82) is 0 Å². The van der Waals surface area contributed by atoms with E-state index >= 15 is 0 Å². The van der Waals surface area contributed by atoms with Crippen LogP contribution in [0.15, 0.2) is 42.7 Å². The summed E-state index contributed by atoms with van der Waals surface area (Å²) in [6.45, 7) is 0.641. The monoisotopic (exact) mass is 355 g/mol. The summed E-state index contributed by atoms with van der Waals surface area (Å²) < 4.78 is 0.619. The Morgan fingerprint density at radius 3 is 2.83 bits per heavy atom. The molecule has 0 radical (unpaired) electrons. The van der Waals surface area contributed by atoms with Gasteiger partial charge in [0.15, 0.2) is 0 Å². The van der Waals surface area contributed by atoms with Crippen LogP contribution in [0.2, 0.25) is 0 Å². The van der Waals surface area contributed by atoms with Crippen molar-refractivity contribution in [3.05, 3.63) is 62.0 Å². The molecule has 5 nitrogen and oxygen atoms in total. The predicted octanol–water partition coefficient (Wildman–Crippen LogP) is 3.21. The van der Waals surface area contributed by atoms with Gasteiger partial charge < -0.3 is 5.32 Å². The molecule has 0 atom stereocenters. The molecule has 0 aliphatic carbocycles. The van der Waals surface area contributed by atoms with Crippen molar-refractivity contribution < 1.29 is 4.92 Å². The molecule has 0 fully saturated rings. The maximum Gasteiger partial charge on any atom is 0.282 e. The van der Waals surface area contributed by atoms with E-state index in [0.29, 0.717) is 10.1 Å². The Bertz CT molecular complexity index is 561. The average Bonchev–Trinajstić information content (AvgIpc) is 2.37. The van der Waals surface area contributed by atoms with Gasteiger partial charge in [-0.1, -0.05) is 6.07 Å². The van der Waals surface area contributed by atoms with Gasteiger partial charge in [0.05, 0.1) is 8.49 Å². The number of nitro groups is 1. The van der Waals surface area contributed by atoms with Crippen molar-refractivity contribution in [1.82, 2.24) is 4.98 Å². The number of aromatic nitrogens is 1. The molecule has 0 unspecified atom stereocenters. The van der Waals surface area contributed by atoms with Gasteiger partial charge in [-0.25, -0.2) is 0 Å². The van der Waals surface area contributed by atoms with Gasteiger partial charge in [-0.2, -0.15) is 0 Å². The summed E-state index contributed by atoms with van der Waals surface area (Å²) in [6.07, 6.45) is 3.50. The van der Waals surface area contributed by atoms with E-state index in [0.717, 1.165) is 11.3 Å². The highest BCUT2D eigenvalue weighted by Gasteiger charge is 2.11. The highest BCUT2D eigenvalue weighted by molar-refractivity contribution is 14.1. The number of nitrogens with zero attached hydrogens (tertiary/aromatic N) is 2. The average molecular weight is 355 g/mol. The first-order valence-electron chi connectivity index (χ1n) is 5.23. The third-order valence-electron chi connectivity index (χ3n) is 2.36. The zero-order valence-electron chi connectivity index (χ0n) is 9.34. The molecule has 2 rings (SSSR count). The normalized spacial score (nSPS) is 10.1. The number of anilines is 1. The Labute approximate surface area is 118 Å². The molecule has 2 aromatic rings. The fraction of sp³-hybridized carbons (Fsp3) is 0.0833. The number of nitro benzene ring substituents is 1. The summed E-state index contributed by atoms with van der Waals surface area (Å²) in [5.74, 6) is 0. The smallest absolute Gasteiger partial charge is 0.282 e. The molecule has 0 aliphatic heterocycles. The molecule has 0 spiro atoms. The van der Waals surface area contributed by atoms with E-state index in [1.54, 1.807) is 24.5 Å². The predicted molar refractivity (Wildman–Crippen MR) is 77.4 cm³/mol. The maximum absolute atomic E-state index is 10.7. The number of nitrogens with one attached hydrogen (secondary N) is 1. The summed E-state index contributed by atoms with van der Waals surface area (Å²) in [6, 6.07) is 8.81. The lowest BCUT2D eigenvalue weighted by molar-refractivity contribution is -0.385. The molecule has 0 saturated carbocycles. The molecule has 6 heteroatoms. The molecular weight excluding hydrogens is 345 g/mol.